The Balaban J connectivity index is 1.25. The molecule has 3 aromatic carbocycles. The monoisotopic (exact) mass is 743 g/mol. The molecular weight excluding hydrogens is 702 g/mol. The second kappa shape index (κ2) is 12.4. The van der Waals surface area contributed by atoms with Gasteiger partial charge in [-0.25, -0.2) is 17.6 Å². The molecule has 2 saturated carbocycles. The molecular formula is C40H41F4N7O3. The maximum absolute atomic E-state index is 17.7. The number of methoxy groups -OCH3 is 1. The predicted molar refractivity (Wildman–Crippen MR) is 197 cm³/mol. The summed E-state index contributed by atoms with van der Waals surface area (Å²) in [5.74, 6) is -1.74. The summed E-state index contributed by atoms with van der Waals surface area (Å²) in [6, 6.07) is 5.77. The normalized spacial score (nSPS) is 26.2. The zero-order valence-corrected chi connectivity index (χ0v) is 30.5. The van der Waals surface area contributed by atoms with E-state index < -0.39 is 23.0 Å². The number of aromatic nitrogens is 4. The van der Waals surface area contributed by atoms with Gasteiger partial charge in [-0.2, -0.15) is 15.1 Å². The van der Waals surface area contributed by atoms with E-state index in [-0.39, 0.29) is 82.6 Å². The lowest BCUT2D eigenvalue weighted by atomic mass is 9.87. The molecule has 1 N–H and O–H groups in total. The lowest BCUT2D eigenvalue weighted by Crippen LogP contribution is -2.60. The number of phenolic OH excluding ortho intramolecular Hbond substituents is 1. The Bertz CT molecular complexity index is 2380. The first-order chi connectivity index (χ1) is 25.8. The number of alkyl halides is 2. The molecule has 2 saturated heterocycles. The van der Waals surface area contributed by atoms with Crippen molar-refractivity contribution in [2.75, 3.05) is 52.3 Å². The highest BCUT2D eigenvalue weighted by Gasteiger charge is 2.71. The number of anilines is 1. The molecule has 282 valence electrons. The molecule has 2 aromatic heterocycles. The molecule has 4 fully saturated rings. The topological polar surface area (TPSA) is 92.0 Å². The third kappa shape index (κ3) is 5.38. The minimum absolute atomic E-state index is 0.0417. The smallest absolute Gasteiger partial charge is 0.319 e. The molecule has 2 bridgehead atoms. The number of terminal acetylenes is 1. The molecule has 2 aliphatic heterocycles. The van der Waals surface area contributed by atoms with Gasteiger partial charge in [0.25, 0.3) is 5.92 Å². The first-order valence-corrected chi connectivity index (χ1v) is 18.3. The third-order valence-corrected chi connectivity index (χ3v) is 12.1. The van der Waals surface area contributed by atoms with E-state index in [1.807, 2.05) is 0 Å². The van der Waals surface area contributed by atoms with Gasteiger partial charge in [-0.05, 0) is 68.9 Å². The average Bonchev–Trinajstić information content (AvgIpc) is 3.28. The molecule has 5 aromatic rings. The number of aryl methyl sites for hydroxylation is 1. The van der Waals surface area contributed by atoms with Gasteiger partial charge in [-0.15, -0.1) is 6.42 Å². The van der Waals surface area contributed by atoms with Gasteiger partial charge in [0.05, 0.1) is 22.5 Å². The Kier molecular flexibility index (Phi) is 8.05. The van der Waals surface area contributed by atoms with Gasteiger partial charge in [0.2, 0.25) is 0 Å². The number of nitrogens with zero attached hydrogens (tertiary/aromatic N) is 7. The minimum Gasteiger partial charge on any atom is -0.508 e. The molecule has 2 unspecified atom stereocenters. The fourth-order valence-corrected chi connectivity index (χ4v) is 9.35. The Morgan fingerprint density at radius 1 is 1.04 bits per heavy atom. The van der Waals surface area contributed by atoms with Crippen molar-refractivity contribution < 1.29 is 32.1 Å². The minimum atomic E-state index is -2.93. The summed E-state index contributed by atoms with van der Waals surface area (Å²) < 4.78 is 75.9. The van der Waals surface area contributed by atoms with E-state index in [9.17, 15) is 13.9 Å². The summed E-state index contributed by atoms with van der Waals surface area (Å²) in [5, 5.41) is 17.1. The lowest BCUT2D eigenvalue weighted by Gasteiger charge is -2.49. The van der Waals surface area contributed by atoms with Gasteiger partial charge in [-0.1, -0.05) is 12.0 Å². The Morgan fingerprint density at radius 2 is 1.76 bits per heavy atom. The van der Waals surface area contributed by atoms with E-state index in [4.69, 9.17) is 26.0 Å². The summed E-state index contributed by atoms with van der Waals surface area (Å²) in [6.07, 6.45) is 11.2. The van der Waals surface area contributed by atoms with Crippen LogP contribution in [0.5, 0.6) is 11.8 Å². The highest BCUT2D eigenvalue weighted by atomic mass is 19.3. The zero-order valence-electron chi connectivity index (χ0n) is 30.5. The second-order valence-corrected chi connectivity index (χ2v) is 15.9. The van der Waals surface area contributed by atoms with Crippen LogP contribution in [0.4, 0.5) is 23.4 Å². The fraction of sp³-hybridized carbons (Fsp3) is 0.475. The van der Waals surface area contributed by atoms with Crippen LogP contribution in [0.1, 0.15) is 37.7 Å². The van der Waals surface area contributed by atoms with E-state index >= 15 is 8.78 Å². The molecule has 4 aliphatic rings. The van der Waals surface area contributed by atoms with Crippen LogP contribution in [-0.4, -0.2) is 112 Å². The van der Waals surface area contributed by atoms with Crippen LogP contribution in [0.25, 0.3) is 43.7 Å². The number of hydrogen-bond acceptors (Lipinski definition) is 9. The highest BCUT2D eigenvalue weighted by molar-refractivity contribution is 6.18. The van der Waals surface area contributed by atoms with E-state index in [1.165, 1.54) is 24.3 Å². The number of likely N-dealkylation sites (tertiary alicyclic amines) is 1. The van der Waals surface area contributed by atoms with Crippen LogP contribution in [0.2, 0.25) is 0 Å². The SMILES string of the molecule is C#Cc1c(F)ccc2cc(O)cc(-c3c(F)c4nc(OC[C@]5(CN(C)C)CC5(F)F)nc(N5C6CCC5CN(C5CC(OC)C5)C6)c4c4cn(C)nc34)c12. The Labute approximate surface area is 309 Å². The summed E-state index contributed by atoms with van der Waals surface area (Å²) in [4.78, 5) is 16.0. The predicted octanol–water partition coefficient (Wildman–Crippen LogP) is 6.10. The van der Waals surface area contributed by atoms with Crippen molar-refractivity contribution in [2.45, 2.75) is 62.3 Å². The van der Waals surface area contributed by atoms with Gasteiger partial charge < -0.3 is 24.4 Å². The number of aromatic hydroxyl groups is 1. The van der Waals surface area contributed by atoms with Gasteiger partial charge in [0.15, 0.2) is 5.82 Å². The molecule has 0 radical (unpaired) electrons. The third-order valence-electron chi connectivity index (χ3n) is 12.1. The van der Waals surface area contributed by atoms with E-state index in [2.05, 4.69) is 20.7 Å². The number of benzene rings is 3. The van der Waals surface area contributed by atoms with Crippen molar-refractivity contribution in [3.63, 3.8) is 0 Å². The number of phenols is 1. The van der Waals surface area contributed by atoms with Crippen molar-refractivity contribution in [3.8, 4) is 35.2 Å². The summed E-state index contributed by atoms with van der Waals surface area (Å²) in [6.45, 7) is 1.29. The number of fused-ring (bicyclic) bond motifs is 6. The largest absolute Gasteiger partial charge is 0.508 e. The standard InChI is InChI=1S/C40H41F4N7O3/c1-6-27-30(41)10-7-21-11-25(52)14-28(31(21)27)32-34(42)36-33(29-17-49(4)47-35(29)32)37(46-38(45-36)54-20-39(19-48(2)3)18-40(39,43)44)51-22-8-9-23(51)16-50(15-22)24-12-26(13-24)53-5/h1,7,10-11,14,17,22-24,26,52H,8-9,12-13,15-16,18-20H2,2-5H3/t22?,23?,24?,26?,39-/m1/s1. The highest BCUT2D eigenvalue weighted by Crippen LogP contribution is 2.61. The van der Waals surface area contributed by atoms with Crippen LogP contribution < -0.4 is 9.64 Å². The fourth-order valence-electron chi connectivity index (χ4n) is 9.35. The number of ether oxygens (including phenoxy) is 2. The van der Waals surface area contributed by atoms with Gasteiger partial charge in [0.1, 0.15) is 35.0 Å². The molecule has 0 amide bonds. The Hall–Kier alpha value is -4.71. The number of piperazine rings is 1. The summed E-state index contributed by atoms with van der Waals surface area (Å²) >= 11 is 0. The van der Waals surface area contributed by atoms with Crippen LogP contribution in [-0.2, 0) is 11.8 Å². The van der Waals surface area contributed by atoms with Crippen LogP contribution >= 0.6 is 0 Å². The average molecular weight is 744 g/mol. The second-order valence-electron chi connectivity index (χ2n) is 15.9. The van der Waals surface area contributed by atoms with Crippen molar-refractivity contribution in [1.82, 2.24) is 29.5 Å². The van der Waals surface area contributed by atoms with Gasteiger partial charge >= 0.3 is 6.01 Å². The van der Waals surface area contributed by atoms with Crippen molar-refractivity contribution in [1.29, 1.82) is 0 Å². The number of hydrogen-bond donors (Lipinski definition) is 1. The van der Waals surface area contributed by atoms with Crippen LogP contribution in [0.3, 0.4) is 0 Å². The van der Waals surface area contributed by atoms with Crippen molar-refractivity contribution >= 4 is 38.4 Å². The number of halogens is 4. The van der Waals surface area contributed by atoms with Crippen molar-refractivity contribution in [2.24, 2.45) is 12.5 Å². The molecule has 14 heteroatoms. The zero-order chi connectivity index (χ0) is 37.8. The Morgan fingerprint density at radius 3 is 2.41 bits per heavy atom. The van der Waals surface area contributed by atoms with Crippen molar-refractivity contribution in [3.05, 3.63) is 47.7 Å². The molecule has 9 rings (SSSR count). The molecule has 3 atom stereocenters. The van der Waals surface area contributed by atoms with Gasteiger partial charge in [0, 0.05) is 80.9 Å². The molecule has 54 heavy (non-hydrogen) atoms. The lowest BCUT2D eigenvalue weighted by molar-refractivity contribution is -0.0328. The maximum atomic E-state index is 17.7. The van der Waals surface area contributed by atoms with E-state index in [0.717, 1.165) is 38.8 Å². The summed E-state index contributed by atoms with van der Waals surface area (Å²) in [7, 11) is 6.92. The van der Waals surface area contributed by atoms with E-state index in [0.29, 0.717) is 28.0 Å². The maximum Gasteiger partial charge on any atom is 0.319 e. The van der Waals surface area contributed by atoms with E-state index in [1.54, 1.807) is 44.0 Å². The number of rotatable bonds is 9. The molecule has 10 nitrogen and oxygen atoms in total. The summed E-state index contributed by atoms with van der Waals surface area (Å²) in [5.41, 5.74) is -1.29. The van der Waals surface area contributed by atoms with Crippen LogP contribution in [0, 0.1) is 29.4 Å². The first-order valence-electron chi connectivity index (χ1n) is 18.3. The quantitative estimate of drug-likeness (QED) is 0.142. The first kappa shape index (κ1) is 35.0. The van der Waals surface area contributed by atoms with Crippen LogP contribution in [0.15, 0.2) is 30.5 Å². The molecule has 0 spiro atoms. The molecule has 4 heterocycles. The molecule has 2 aliphatic carbocycles. The van der Waals surface area contributed by atoms with Gasteiger partial charge in [-0.3, -0.25) is 9.58 Å².